The van der Waals surface area contributed by atoms with Crippen LogP contribution in [0.1, 0.15) is 30.1 Å². The number of carbonyl (C=O) groups excluding carboxylic acids is 1. The number of methoxy groups -OCH3 is 1. The van der Waals surface area contributed by atoms with Crippen LogP contribution in [0.2, 0.25) is 0 Å². The van der Waals surface area contributed by atoms with Gasteiger partial charge in [0.1, 0.15) is 6.10 Å². The predicted molar refractivity (Wildman–Crippen MR) is 54.2 cm³/mol. The second kappa shape index (κ2) is 5.56. The van der Waals surface area contributed by atoms with Gasteiger partial charge in [0.15, 0.2) is 11.6 Å². The average Bonchev–Trinajstić information content (AvgIpc) is 2.25. The molecule has 1 aromatic heterocycles. The lowest BCUT2D eigenvalue weighted by Gasteiger charge is -2.12. The molecule has 0 bridgehead atoms. The minimum absolute atomic E-state index is 0.0466. The topological polar surface area (TPSA) is 39.2 Å². The number of ketones is 1. The van der Waals surface area contributed by atoms with Gasteiger partial charge in [0, 0.05) is 13.3 Å². The third-order valence-corrected chi connectivity index (χ3v) is 2.17. The Labute approximate surface area is 88.3 Å². The first-order chi connectivity index (χ1) is 7.20. The van der Waals surface area contributed by atoms with Gasteiger partial charge in [-0.15, -0.1) is 0 Å². The van der Waals surface area contributed by atoms with Crippen LogP contribution in [0.15, 0.2) is 18.5 Å². The highest BCUT2D eigenvalue weighted by atomic mass is 19.1. The molecule has 0 N–H and O–H groups in total. The molecule has 0 saturated heterocycles. The lowest BCUT2D eigenvalue weighted by molar-refractivity contribution is 0.0574. The van der Waals surface area contributed by atoms with Gasteiger partial charge in [-0.2, -0.15) is 0 Å². The van der Waals surface area contributed by atoms with E-state index in [0.29, 0.717) is 6.42 Å². The molecule has 1 atom stereocenters. The number of Topliss-reactive ketones (excluding diaryl/α,β-unsaturated/α-hetero) is 1. The van der Waals surface area contributed by atoms with Crippen molar-refractivity contribution in [2.75, 3.05) is 7.11 Å². The number of ether oxygens (including phenoxy) is 1. The molecule has 15 heavy (non-hydrogen) atoms. The maximum atomic E-state index is 13.2. The molecular formula is C11H14FNO2. The summed E-state index contributed by atoms with van der Waals surface area (Å²) < 4.78 is 18.3. The zero-order valence-electron chi connectivity index (χ0n) is 8.87. The fourth-order valence-electron chi connectivity index (χ4n) is 1.37. The van der Waals surface area contributed by atoms with Crippen molar-refractivity contribution in [2.24, 2.45) is 0 Å². The molecule has 82 valence electrons. The molecule has 4 heteroatoms. The standard InChI is InChI=1S/C11H14FNO2/c1-3-4-10(15-2)11(14)8-5-6-13-7-9(8)12/h5-7,10H,3-4H2,1-2H3. The number of pyridine rings is 1. The van der Waals surface area contributed by atoms with Gasteiger partial charge in [0.05, 0.1) is 11.8 Å². The number of hydrogen-bond donors (Lipinski definition) is 0. The maximum Gasteiger partial charge on any atom is 0.194 e. The molecule has 0 aromatic carbocycles. The van der Waals surface area contributed by atoms with Crippen molar-refractivity contribution >= 4 is 5.78 Å². The number of aromatic nitrogens is 1. The summed E-state index contributed by atoms with van der Waals surface area (Å²) in [4.78, 5) is 15.4. The first-order valence-electron chi connectivity index (χ1n) is 4.87. The van der Waals surface area contributed by atoms with Crippen molar-refractivity contribution in [1.29, 1.82) is 0 Å². The van der Waals surface area contributed by atoms with Crippen LogP contribution in [0.3, 0.4) is 0 Å². The van der Waals surface area contributed by atoms with Crippen LogP contribution < -0.4 is 0 Å². The van der Waals surface area contributed by atoms with E-state index in [1.807, 2.05) is 6.92 Å². The Morgan fingerprint density at radius 3 is 2.93 bits per heavy atom. The predicted octanol–water partition coefficient (Wildman–Crippen LogP) is 2.22. The number of hydrogen-bond acceptors (Lipinski definition) is 3. The van der Waals surface area contributed by atoms with E-state index in [1.54, 1.807) is 0 Å². The summed E-state index contributed by atoms with van der Waals surface area (Å²) in [6.07, 6.45) is 3.28. The van der Waals surface area contributed by atoms with E-state index in [1.165, 1.54) is 19.4 Å². The fourth-order valence-corrected chi connectivity index (χ4v) is 1.37. The summed E-state index contributed by atoms with van der Waals surface area (Å²) in [6, 6.07) is 1.37. The quantitative estimate of drug-likeness (QED) is 0.701. The van der Waals surface area contributed by atoms with Crippen molar-refractivity contribution < 1.29 is 13.9 Å². The number of nitrogens with zero attached hydrogens (tertiary/aromatic N) is 1. The van der Waals surface area contributed by atoms with Crippen LogP contribution >= 0.6 is 0 Å². The van der Waals surface area contributed by atoms with Gasteiger partial charge in [-0.25, -0.2) is 4.39 Å². The van der Waals surface area contributed by atoms with Crippen LogP contribution in [0.5, 0.6) is 0 Å². The van der Waals surface area contributed by atoms with Crippen molar-refractivity contribution in [3.8, 4) is 0 Å². The Hall–Kier alpha value is -1.29. The summed E-state index contributed by atoms with van der Waals surface area (Å²) in [7, 11) is 1.46. The third kappa shape index (κ3) is 2.83. The summed E-state index contributed by atoms with van der Waals surface area (Å²) in [5.74, 6) is -0.917. The first kappa shape index (κ1) is 11.8. The van der Waals surface area contributed by atoms with E-state index in [4.69, 9.17) is 4.74 Å². The monoisotopic (exact) mass is 211 g/mol. The van der Waals surface area contributed by atoms with Gasteiger partial charge in [-0.1, -0.05) is 13.3 Å². The first-order valence-corrected chi connectivity index (χ1v) is 4.87. The molecule has 0 saturated carbocycles. The van der Waals surface area contributed by atoms with Crippen LogP contribution in [0.4, 0.5) is 4.39 Å². The fraction of sp³-hybridized carbons (Fsp3) is 0.455. The number of halogens is 1. The zero-order valence-corrected chi connectivity index (χ0v) is 8.87. The molecule has 0 fully saturated rings. The molecule has 1 aromatic rings. The molecule has 1 rings (SSSR count). The molecule has 0 aliphatic rings. The smallest absolute Gasteiger partial charge is 0.194 e. The Kier molecular flexibility index (Phi) is 4.37. The normalized spacial score (nSPS) is 12.5. The highest BCUT2D eigenvalue weighted by Crippen LogP contribution is 2.12. The maximum absolute atomic E-state index is 13.2. The molecule has 0 radical (unpaired) electrons. The van der Waals surface area contributed by atoms with E-state index in [2.05, 4.69) is 4.98 Å². The van der Waals surface area contributed by atoms with Gasteiger partial charge < -0.3 is 4.74 Å². The molecule has 1 heterocycles. The highest BCUT2D eigenvalue weighted by molar-refractivity contribution is 5.99. The molecule has 0 aliphatic carbocycles. The summed E-state index contributed by atoms with van der Waals surface area (Å²) in [5.41, 5.74) is 0.0466. The van der Waals surface area contributed by atoms with Gasteiger partial charge >= 0.3 is 0 Å². The van der Waals surface area contributed by atoms with Crippen LogP contribution in [-0.4, -0.2) is 24.0 Å². The van der Waals surface area contributed by atoms with Crippen molar-refractivity contribution in [3.63, 3.8) is 0 Å². The lowest BCUT2D eigenvalue weighted by Crippen LogP contribution is -2.23. The van der Waals surface area contributed by atoms with Gasteiger partial charge in [-0.3, -0.25) is 9.78 Å². The van der Waals surface area contributed by atoms with Crippen LogP contribution in [0.25, 0.3) is 0 Å². The Balaban J connectivity index is 2.88. The third-order valence-electron chi connectivity index (χ3n) is 2.17. The largest absolute Gasteiger partial charge is 0.373 e. The second-order valence-electron chi connectivity index (χ2n) is 3.23. The summed E-state index contributed by atoms with van der Waals surface area (Å²) >= 11 is 0. The molecule has 0 spiro atoms. The van der Waals surface area contributed by atoms with E-state index >= 15 is 0 Å². The van der Waals surface area contributed by atoms with Crippen LogP contribution in [-0.2, 0) is 4.74 Å². The molecule has 0 amide bonds. The Morgan fingerprint density at radius 2 is 2.40 bits per heavy atom. The van der Waals surface area contributed by atoms with Crippen LogP contribution in [0, 0.1) is 5.82 Å². The Bertz CT molecular complexity index is 341. The van der Waals surface area contributed by atoms with E-state index in [9.17, 15) is 9.18 Å². The summed E-state index contributed by atoms with van der Waals surface area (Å²) in [6.45, 7) is 1.95. The number of carbonyl (C=O) groups is 1. The number of rotatable bonds is 5. The van der Waals surface area contributed by atoms with Gasteiger partial charge in [0.2, 0.25) is 0 Å². The minimum Gasteiger partial charge on any atom is -0.373 e. The minimum atomic E-state index is -0.597. The van der Waals surface area contributed by atoms with E-state index in [0.717, 1.165) is 12.6 Å². The molecule has 3 nitrogen and oxygen atoms in total. The SMILES string of the molecule is CCCC(OC)C(=O)c1ccncc1F. The lowest BCUT2D eigenvalue weighted by atomic mass is 10.0. The van der Waals surface area contributed by atoms with E-state index < -0.39 is 11.9 Å². The van der Waals surface area contributed by atoms with Gasteiger partial charge in [0.25, 0.3) is 0 Å². The highest BCUT2D eigenvalue weighted by Gasteiger charge is 2.21. The molecular weight excluding hydrogens is 197 g/mol. The summed E-state index contributed by atoms with van der Waals surface area (Å²) in [5, 5.41) is 0. The van der Waals surface area contributed by atoms with Crippen molar-refractivity contribution in [2.45, 2.75) is 25.9 Å². The van der Waals surface area contributed by atoms with Crippen molar-refractivity contribution in [3.05, 3.63) is 29.8 Å². The van der Waals surface area contributed by atoms with Gasteiger partial charge in [-0.05, 0) is 12.5 Å². The molecule has 0 aliphatic heterocycles. The second-order valence-corrected chi connectivity index (χ2v) is 3.23. The van der Waals surface area contributed by atoms with Crippen molar-refractivity contribution in [1.82, 2.24) is 4.98 Å². The average molecular weight is 211 g/mol. The molecule has 1 unspecified atom stereocenters. The Morgan fingerprint density at radius 1 is 1.67 bits per heavy atom. The van der Waals surface area contributed by atoms with E-state index in [-0.39, 0.29) is 11.3 Å². The zero-order chi connectivity index (χ0) is 11.3.